The largest absolute Gasteiger partial charge is 0.456 e. The minimum Gasteiger partial charge on any atom is -0.456 e. The van der Waals surface area contributed by atoms with E-state index in [0.29, 0.717) is 5.56 Å². The maximum Gasteiger partial charge on any atom is 0.135 e. The zero-order chi connectivity index (χ0) is 31.5. The van der Waals surface area contributed by atoms with Crippen LogP contribution in [-0.2, 0) is 6.42 Å². The predicted molar refractivity (Wildman–Crippen MR) is 195 cm³/mol. The van der Waals surface area contributed by atoms with Gasteiger partial charge < -0.3 is 13.6 Å². The number of aromatic nitrogens is 2. The van der Waals surface area contributed by atoms with E-state index in [1.54, 1.807) is 0 Å². The Morgan fingerprint density at radius 3 is 1.77 bits per heavy atom. The van der Waals surface area contributed by atoms with Gasteiger partial charge in [-0.3, -0.25) is 0 Å². The highest BCUT2D eigenvalue weighted by Crippen LogP contribution is 2.43. The van der Waals surface area contributed by atoms with Gasteiger partial charge >= 0.3 is 0 Å². The van der Waals surface area contributed by atoms with Crippen LogP contribution in [0.1, 0.15) is 16.7 Å². The third-order valence-corrected chi connectivity index (χ3v) is 10.3. The average molecular weight is 612 g/mol. The topological polar surface area (TPSA) is 46.8 Å². The maximum atomic E-state index is 9.61. The van der Waals surface area contributed by atoms with Crippen LogP contribution < -0.4 is 0 Å². The summed E-state index contributed by atoms with van der Waals surface area (Å²) >= 11 is 0. The van der Waals surface area contributed by atoms with Crippen molar-refractivity contribution >= 4 is 65.6 Å². The normalized spacial score (nSPS) is 12.5. The van der Waals surface area contributed by atoms with E-state index in [1.807, 2.05) is 12.1 Å². The van der Waals surface area contributed by atoms with Gasteiger partial charge in [0.25, 0.3) is 0 Å². The molecule has 10 aromatic rings. The first-order valence-electron chi connectivity index (χ1n) is 16.3. The Labute approximate surface area is 274 Å². The van der Waals surface area contributed by atoms with Gasteiger partial charge in [-0.1, -0.05) is 60.7 Å². The molecule has 11 rings (SSSR count). The lowest BCUT2D eigenvalue weighted by Crippen LogP contribution is -1.94. The second-order valence-corrected chi connectivity index (χ2v) is 12.9. The SMILES string of the molecule is N#Cc1ccc2c(c1)c1ccccc1n2-c1ccc2oc3ccc(-n4c5ccccc5c5cc6c(cc54)Cc4ccccc4-6)cc3c2c1. The summed E-state index contributed by atoms with van der Waals surface area (Å²) < 4.78 is 11.1. The average Bonchev–Trinajstić information content (AvgIpc) is 3.87. The second-order valence-electron chi connectivity index (χ2n) is 12.9. The summed E-state index contributed by atoms with van der Waals surface area (Å²) in [6.07, 6.45) is 0.956. The highest BCUT2D eigenvalue weighted by atomic mass is 16.3. The number of nitrogens with zero attached hydrogens (tertiary/aromatic N) is 3. The molecule has 0 bridgehead atoms. The zero-order valence-electron chi connectivity index (χ0n) is 25.7. The highest BCUT2D eigenvalue weighted by Gasteiger charge is 2.22. The second kappa shape index (κ2) is 9.25. The standard InChI is InChI=1S/C44H25N3O/c45-25-26-13-16-41-35(19-26)32-9-3-5-11-39(32)46(41)29-14-17-43-37(22-29)38-23-30(15-18-44(38)48-43)47-40-12-6-4-10-33(40)36-24-34-28(21-42(36)47)20-27-7-1-2-8-31(27)34/h1-19,21-24H,20H2. The molecule has 0 fully saturated rings. The molecule has 4 heteroatoms. The van der Waals surface area contributed by atoms with Crippen LogP contribution in [0.25, 0.3) is 88.1 Å². The van der Waals surface area contributed by atoms with Gasteiger partial charge in [0, 0.05) is 43.7 Å². The Morgan fingerprint density at radius 1 is 0.458 bits per heavy atom. The first-order valence-corrected chi connectivity index (χ1v) is 16.3. The lowest BCUT2D eigenvalue weighted by atomic mass is 10.0. The van der Waals surface area contributed by atoms with E-state index < -0.39 is 0 Å². The van der Waals surface area contributed by atoms with Crippen LogP contribution in [0.15, 0.2) is 144 Å². The van der Waals surface area contributed by atoms with Crippen LogP contribution in [-0.4, -0.2) is 9.13 Å². The summed E-state index contributed by atoms with van der Waals surface area (Å²) in [7, 11) is 0. The molecule has 0 atom stereocenters. The van der Waals surface area contributed by atoms with Crippen molar-refractivity contribution in [2.24, 2.45) is 0 Å². The van der Waals surface area contributed by atoms with E-state index in [-0.39, 0.29) is 0 Å². The molecular weight excluding hydrogens is 587 g/mol. The van der Waals surface area contributed by atoms with Crippen molar-refractivity contribution in [1.82, 2.24) is 9.13 Å². The first kappa shape index (κ1) is 25.6. The predicted octanol–water partition coefficient (Wildman–Crippen LogP) is 11.2. The van der Waals surface area contributed by atoms with Gasteiger partial charge in [-0.25, -0.2) is 0 Å². The molecule has 0 saturated carbocycles. The molecule has 1 aliphatic carbocycles. The molecule has 1 aliphatic rings. The van der Waals surface area contributed by atoms with Crippen LogP contribution >= 0.6 is 0 Å². The van der Waals surface area contributed by atoms with Gasteiger partial charge in [0.05, 0.1) is 33.7 Å². The van der Waals surface area contributed by atoms with Crippen LogP contribution in [0.2, 0.25) is 0 Å². The fraction of sp³-hybridized carbons (Fsp3) is 0.0227. The minimum absolute atomic E-state index is 0.661. The van der Waals surface area contributed by atoms with Gasteiger partial charge in [-0.05, 0) is 108 Å². The van der Waals surface area contributed by atoms with E-state index in [1.165, 1.54) is 44.1 Å². The van der Waals surface area contributed by atoms with E-state index in [0.717, 1.165) is 61.5 Å². The Hall–Kier alpha value is -6.57. The quantitative estimate of drug-likeness (QED) is 0.195. The Balaban J connectivity index is 1.14. The molecule has 222 valence electrons. The number of hydrogen-bond donors (Lipinski definition) is 0. The van der Waals surface area contributed by atoms with Crippen molar-refractivity contribution in [2.75, 3.05) is 0 Å². The number of rotatable bonds is 2. The number of fused-ring (bicyclic) bond motifs is 12. The third kappa shape index (κ3) is 3.37. The molecule has 3 aromatic heterocycles. The number of benzene rings is 7. The molecule has 4 nitrogen and oxygen atoms in total. The molecule has 0 unspecified atom stereocenters. The molecule has 0 spiro atoms. The van der Waals surface area contributed by atoms with Crippen LogP contribution in [0.4, 0.5) is 0 Å². The Bertz CT molecular complexity index is 3050. The maximum absolute atomic E-state index is 9.61. The van der Waals surface area contributed by atoms with Gasteiger partial charge in [0.2, 0.25) is 0 Å². The van der Waals surface area contributed by atoms with Gasteiger partial charge in [-0.2, -0.15) is 5.26 Å². The Morgan fingerprint density at radius 2 is 1.06 bits per heavy atom. The van der Waals surface area contributed by atoms with Crippen molar-refractivity contribution in [3.05, 3.63) is 156 Å². The van der Waals surface area contributed by atoms with Crippen molar-refractivity contribution in [3.8, 4) is 28.6 Å². The fourth-order valence-corrected chi connectivity index (χ4v) is 8.23. The van der Waals surface area contributed by atoms with Crippen LogP contribution in [0.5, 0.6) is 0 Å². The molecule has 0 radical (unpaired) electrons. The van der Waals surface area contributed by atoms with E-state index in [2.05, 4.69) is 143 Å². The molecule has 3 heterocycles. The smallest absolute Gasteiger partial charge is 0.135 e. The van der Waals surface area contributed by atoms with Crippen molar-refractivity contribution in [1.29, 1.82) is 5.26 Å². The monoisotopic (exact) mass is 611 g/mol. The number of furan rings is 1. The summed E-state index contributed by atoms with van der Waals surface area (Å²) in [4.78, 5) is 0. The molecule has 48 heavy (non-hydrogen) atoms. The van der Waals surface area contributed by atoms with Gasteiger partial charge in [-0.15, -0.1) is 0 Å². The number of hydrogen-bond acceptors (Lipinski definition) is 2. The Kier molecular flexibility index (Phi) is 4.93. The minimum atomic E-state index is 0.661. The van der Waals surface area contributed by atoms with Gasteiger partial charge in [0.1, 0.15) is 11.2 Å². The van der Waals surface area contributed by atoms with Crippen molar-refractivity contribution < 1.29 is 4.42 Å². The summed E-state index contributed by atoms with van der Waals surface area (Å²) in [5.41, 5.74) is 14.6. The third-order valence-electron chi connectivity index (χ3n) is 10.3. The molecule has 0 aliphatic heterocycles. The van der Waals surface area contributed by atoms with Crippen molar-refractivity contribution in [3.63, 3.8) is 0 Å². The van der Waals surface area contributed by atoms with E-state index in [4.69, 9.17) is 4.42 Å². The van der Waals surface area contributed by atoms with Crippen molar-refractivity contribution in [2.45, 2.75) is 6.42 Å². The highest BCUT2D eigenvalue weighted by molar-refractivity contribution is 6.13. The number of para-hydroxylation sites is 2. The summed E-state index contributed by atoms with van der Waals surface area (Å²) in [6.45, 7) is 0. The first-order chi connectivity index (χ1) is 23.7. The van der Waals surface area contributed by atoms with Crippen LogP contribution in [0, 0.1) is 11.3 Å². The molecule has 0 N–H and O–H groups in total. The number of nitriles is 1. The lowest BCUT2D eigenvalue weighted by Gasteiger charge is -2.10. The summed E-state index contributed by atoms with van der Waals surface area (Å²) in [6, 6.07) is 52.0. The summed E-state index contributed by atoms with van der Waals surface area (Å²) in [5.74, 6) is 0. The summed E-state index contributed by atoms with van der Waals surface area (Å²) in [5, 5.41) is 16.5. The van der Waals surface area contributed by atoms with Crippen LogP contribution in [0.3, 0.4) is 0 Å². The zero-order valence-corrected chi connectivity index (χ0v) is 25.7. The van der Waals surface area contributed by atoms with Gasteiger partial charge in [0.15, 0.2) is 0 Å². The molecular formula is C44H25N3O. The molecule has 7 aromatic carbocycles. The van der Waals surface area contributed by atoms with E-state index in [9.17, 15) is 5.26 Å². The lowest BCUT2D eigenvalue weighted by molar-refractivity contribution is 0.669. The molecule has 0 saturated heterocycles. The fourth-order valence-electron chi connectivity index (χ4n) is 8.23. The van der Waals surface area contributed by atoms with E-state index >= 15 is 0 Å². The molecule has 0 amide bonds.